The molecule has 1 saturated carbocycles. The molecule has 0 radical (unpaired) electrons. The molecular formula is C15H15F3N4. The van der Waals surface area contributed by atoms with Gasteiger partial charge in [0, 0.05) is 23.5 Å². The molecule has 4 nitrogen and oxygen atoms in total. The van der Waals surface area contributed by atoms with Gasteiger partial charge in [0.25, 0.3) is 0 Å². The largest absolute Gasteiger partial charge is 0.416 e. The lowest BCUT2D eigenvalue weighted by Gasteiger charge is -2.11. The van der Waals surface area contributed by atoms with E-state index >= 15 is 0 Å². The van der Waals surface area contributed by atoms with Crippen LogP contribution in [0, 0.1) is 6.92 Å². The normalized spacial score (nSPS) is 14.7. The number of halogens is 3. The van der Waals surface area contributed by atoms with E-state index in [1.807, 2.05) is 6.92 Å². The third kappa shape index (κ3) is 3.47. The Morgan fingerprint density at radius 3 is 2.41 bits per heavy atom. The minimum Gasteiger partial charge on any atom is -0.367 e. The van der Waals surface area contributed by atoms with Crippen LogP contribution in [0.1, 0.15) is 24.0 Å². The molecule has 0 saturated heterocycles. The van der Waals surface area contributed by atoms with Crippen molar-refractivity contribution in [3.63, 3.8) is 0 Å². The second kappa shape index (κ2) is 5.47. The number of hydrogen-bond acceptors (Lipinski definition) is 4. The summed E-state index contributed by atoms with van der Waals surface area (Å²) in [6.45, 7) is 1.91. The van der Waals surface area contributed by atoms with Crippen LogP contribution in [0.3, 0.4) is 0 Å². The highest BCUT2D eigenvalue weighted by atomic mass is 19.4. The highest BCUT2D eigenvalue weighted by Gasteiger charge is 2.30. The van der Waals surface area contributed by atoms with Crippen molar-refractivity contribution in [2.45, 2.75) is 32.0 Å². The summed E-state index contributed by atoms with van der Waals surface area (Å²) in [5.74, 6) is 1.11. The van der Waals surface area contributed by atoms with Crippen LogP contribution in [-0.2, 0) is 6.18 Å². The molecule has 0 atom stereocenters. The van der Waals surface area contributed by atoms with Crippen LogP contribution < -0.4 is 10.6 Å². The van der Waals surface area contributed by atoms with Crippen molar-refractivity contribution in [3.05, 3.63) is 41.6 Å². The number of rotatable bonds is 4. The van der Waals surface area contributed by atoms with E-state index in [1.165, 1.54) is 12.1 Å². The smallest absolute Gasteiger partial charge is 0.367 e. The van der Waals surface area contributed by atoms with Crippen LogP contribution in [0.25, 0.3) is 0 Å². The lowest BCUT2D eigenvalue weighted by Crippen LogP contribution is -2.08. The molecule has 1 aromatic carbocycles. The maximum atomic E-state index is 12.5. The average molecular weight is 308 g/mol. The number of nitrogens with zero attached hydrogens (tertiary/aromatic N) is 2. The zero-order valence-corrected chi connectivity index (χ0v) is 11.9. The Balaban J connectivity index is 1.75. The molecule has 1 heterocycles. The molecule has 0 unspecified atom stereocenters. The maximum Gasteiger partial charge on any atom is 0.416 e. The van der Waals surface area contributed by atoms with Crippen molar-refractivity contribution in [2.75, 3.05) is 10.6 Å². The Labute approximate surface area is 125 Å². The second-order valence-electron chi connectivity index (χ2n) is 5.34. The molecule has 0 bridgehead atoms. The van der Waals surface area contributed by atoms with Gasteiger partial charge in [-0.1, -0.05) is 0 Å². The van der Waals surface area contributed by atoms with Crippen LogP contribution in [0.15, 0.2) is 30.5 Å². The van der Waals surface area contributed by atoms with E-state index in [2.05, 4.69) is 20.6 Å². The molecule has 3 rings (SSSR count). The Morgan fingerprint density at radius 2 is 1.82 bits per heavy atom. The van der Waals surface area contributed by atoms with E-state index < -0.39 is 11.7 Å². The molecule has 22 heavy (non-hydrogen) atoms. The number of alkyl halides is 3. The van der Waals surface area contributed by atoms with Gasteiger partial charge in [-0.25, -0.2) is 4.98 Å². The summed E-state index contributed by atoms with van der Waals surface area (Å²) < 4.78 is 37.6. The molecular weight excluding hydrogens is 293 g/mol. The van der Waals surface area contributed by atoms with Crippen molar-refractivity contribution in [2.24, 2.45) is 0 Å². The first-order chi connectivity index (χ1) is 10.4. The van der Waals surface area contributed by atoms with E-state index in [4.69, 9.17) is 0 Å². The van der Waals surface area contributed by atoms with Crippen molar-refractivity contribution in [1.29, 1.82) is 0 Å². The summed E-state index contributed by atoms with van der Waals surface area (Å²) in [5.41, 5.74) is 0.762. The Morgan fingerprint density at radius 1 is 1.14 bits per heavy atom. The standard InChI is InChI=1S/C15H15F3N4/c1-9-8-19-14(22-13(9)20-11-6-7-11)21-12-4-2-10(3-5-12)15(16,17)18/h2-5,8,11H,6-7H2,1H3,(H2,19,20,21,22). The van der Waals surface area contributed by atoms with Gasteiger partial charge in [0.2, 0.25) is 5.95 Å². The van der Waals surface area contributed by atoms with Gasteiger partial charge in [-0.15, -0.1) is 0 Å². The number of benzene rings is 1. The molecule has 7 heteroatoms. The minimum atomic E-state index is -4.33. The highest BCUT2D eigenvalue weighted by molar-refractivity contribution is 5.56. The summed E-state index contributed by atoms with van der Waals surface area (Å²) in [6.07, 6.45) is -0.388. The monoisotopic (exact) mass is 308 g/mol. The van der Waals surface area contributed by atoms with E-state index in [0.717, 1.165) is 36.4 Å². The molecule has 1 fully saturated rings. The zero-order valence-electron chi connectivity index (χ0n) is 11.9. The molecule has 0 amide bonds. The van der Waals surface area contributed by atoms with Gasteiger partial charge in [-0.05, 0) is 44.0 Å². The van der Waals surface area contributed by atoms with E-state index in [-0.39, 0.29) is 0 Å². The topological polar surface area (TPSA) is 49.8 Å². The predicted octanol–water partition coefficient (Wildman–Crippen LogP) is 4.12. The first kappa shape index (κ1) is 14.6. The lowest BCUT2D eigenvalue weighted by atomic mass is 10.2. The second-order valence-corrected chi connectivity index (χ2v) is 5.34. The zero-order chi connectivity index (χ0) is 15.7. The van der Waals surface area contributed by atoms with Gasteiger partial charge in [-0.2, -0.15) is 18.2 Å². The summed E-state index contributed by atoms with van der Waals surface area (Å²) >= 11 is 0. The van der Waals surface area contributed by atoms with Gasteiger partial charge < -0.3 is 10.6 Å². The summed E-state index contributed by atoms with van der Waals surface area (Å²) in [4.78, 5) is 8.51. The van der Waals surface area contributed by atoms with Crippen molar-refractivity contribution >= 4 is 17.5 Å². The summed E-state index contributed by atoms with van der Waals surface area (Å²) in [6, 6.07) is 5.24. The first-order valence-electron chi connectivity index (χ1n) is 6.96. The molecule has 0 aliphatic heterocycles. The van der Waals surface area contributed by atoms with Crippen molar-refractivity contribution in [3.8, 4) is 0 Å². The van der Waals surface area contributed by atoms with Crippen LogP contribution in [0.5, 0.6) is 0 Å². The third-order valence-corrected chi connectivity index (χ3v) is 3.36. The molecule has 0 spiro atoms. The summed E-state index contributed by atoms with van der Waals surface area (Å²) in [5, 5.41) is 6.21. The Hall–Kier alpha value is -2.31. The number of aryl methyl sites for hydroxylation is 1. The van der Waals surface area contributed by atoms with E-state index in [9.17, 15) is 13.2 Å². The molecule has 1 aliphatic rings. The van der Waals surface area contributed by atoms with Gasteiger partial charge in [-0.3, -0.25) is 0 Å². The first-order valence-corrected chi connectivity index (χ1v) is 6.96. The van der Waals surface area contributed by atoms with Crippen LogP contribution in [0.4, 0.5) is 30.6 Å². The fourth-order valence-electron chi connectivity index (χ4n) is 1.94. The molecule has 2 N–H and O–H groups in total. The quantitative estimate of drug-likeness (QED) is 0.892. The van der Waals surface area contributed by atoms with Gasteiger partial charge in [0.05, 0.1) is 5.56 Å². The number of nitrogens with one attached hydrogen (secondary N) is 2. The minimum absolute atomic E-state index is 0.355. The Bertz CT molecular complexity index is 663. The summed E-state index contributed by atoms with van der Waals surface area (Å²) in [7, 11) is 0. The average Bonchev–Trinajstić information content (AvgIpc) is 3.26. The van der Waals surface area contributed by atoms with Gasteiger partial charge >= 0.3 is 6.18 Å². The Kier molecular flexibility index (Phi) is 3.64. The fraction of sp³-hybridized carbons (Fsp3) is 0.333. The SMILES string of the molecule is Cc1cnc(Nc2ccc(C(F)(F)F)cc2)nc1NC1CC1. The molecule has 116 valence electrons. The number of aromatic nitrogens is 2. The molecule has 1 aromatic heterocycles. The number of hydrogen-bond donors (Lipinski definition) is 2. The third-order valence-electron chi connectivity index (χ3n) is 3.36. The fourth-order valence-corrected chi connectivity index (χ4v) is 1.94. The van der Waals surface area contributed by atoms with Crippen LogP contribution in [0.2, 0.25) is 0 Å². The van der Waals surface area contributed by atoms with E-state index in [0.29, 0.717) is 17.7 Å². The van der Waals surface area contributed by atoms with Crippen LogP contribution in [-0.4, -0.2) is 16.0 Å². The molecule has 1 aliphatic carbocycles. The number of anilines is 3. The van der Waals surface area contributed by atoms with Gasteiger partial charge in [0.15, 0.2) is 0 Å². The maximum absolute atomic E-state index is 12.5. The van der Waals surface area contributed by atoms with Crippen LogP contribution >= 0.6 is 0 Å². The molecule has 2 aromatic rings. The predicted molar refractivity (Wildman–Crippen MR) is 78.1 cm³/mol. The van der Waals surface area contributed by atoms with Crippen molar-refractivity contribution < 1.29 is 13.2 Å². The lowest BCUT2D eigenvalue weighted by molar-refractivity contribution is -0.137. The van der Waals surface area contributed by atoms with Gasteiger partial charge in [0.1, 0.15) is 5.82 Å². The van der Waals surface area contributed by atoms with Crippen molar-refractivity contribution in [1.82, 2.24) is 9.97 Å². The highest BCUT2D eigenvalue weighted by Crippen LogP contribution is 2.30. The van der Waals surface area contributed by atoms with E-state index in [1.54, 1.807) is 6.20 Å².